The van der Waals surface area contributed by atoms with E-state index in [4.69, 9.17) is 0 Å². The maximum atomic E-state index is 14.0. The van der Waals surface area contributed by atoms with Gasteiger partial charge in [-0.2, -0.15) is 0 Å². The molecule has 0 saturated heterocycles. The highest BCUT2D eigenvalue weighted by Crippen LogP contribution is 2.37. The lowest BCUT2D eigenvalue weighted by Gasteiger charge is -2.25. The van der Waals surface area contributed by atoms with Crippen LogP contribution in [0.3, 0.4) is 0 Å². The van der Waals surface area contributed by atoms with E-state index in [9.17, 15) is 14.3 Å². The zero-order chi connectivity index (χ0) is 14.3. The van der Waals surface area contributed by atoms with Crippen LogP contribution in [0.2, 0.25) is 0 Å². The minimum absolute atomic E-state index is 0.184. The van der Waals surface area contributed by atoms with Crippen LogP contribution < -0.4 is 0 Å². The number of carboxylic acid groups (broad SMARTS) is 1. The van der Waals surface area contributed by atoms with E-state index in [0.29, 0.717) is 11.8 Å². The largest absolute Gasteiger partial charge is 0.478 e. The predicted molar refractivity (Wildman–Crippen MR) is 74.6 cm³/mol. The molecule has 104 valence electrons. The topological polar surface area (TPSA) is 50.2 Å². The third kappa shape index (κ3) is 1.87. The monoisotopic (exact) mass is 273 g/mol. The first-order valence-corrected chi connectivity index (χ1v) is 6.97. The van der Waals surface area contributed by atoms with Crippen molar-refractivity contribution in [1.29, 1.82) is 0 Å². The molecule has 0 fully saturated rings. The first kappa shape index (κ1) is 13.0. The normalized spacial score (nSPS) is 18.0. The summed E-state index contributed by atoms with van der Waals surface area (Å²) in [6, 6.07) is 4.51. The molecule has 0 spiro atoms. The van der Waals surface area contributed by atoms with E-state index >= 15 is 0 Å². The summed E-state index contributed by atoms with van der Waals surface area (Å²) in [4.78, 5) is 16.1. The van der Waals surface area contributed by atoms with Crippen LogP contribution in [0.25, 0.3) is 10.9 Å². The number of aromatic nitrogens is 1. The third-order valence-corrected chi connectivity index (χ3v) is 4.17. The van der Waals surface area contributed by atoms with Gasteiger partial charge in [-0.25, -0.2) is 14.2 Å². The minimum Gasteiger partial charge on any atom is -0.478 e. The van der Waals surface area contributed by atoms with Crippen molar-refractivity contribution in [3.05, 3.63) is 40.8 Å². The summed E-state index contributed by atoms with van der Waals surface area (Å²) < 4.78 is 14.0. The number of rotatable bonds is 2. The Morgan fingerprint density at radius 3 is 3.00 bits per heavy atom. The molecule has 0 bridgehead atoms. The lowest BCUT2D eigenvalue weighted by molar-refractivity contribution is 0.0697. The van der Waals surface area contributed by atoms with Gasteiger partial charge in [0.1, 0.15) is 11.3 Å². The number of fused-ring (bicyclic) bond motifs is 2. The molecule has 1 aliphatic rings. The molecule has 1 aromatic carbocycles. The van der Waals surface area contributed by atoms with Gasteiger partial charge >= 0.3 is 5.97 Å². The molecule has 1 aromatic heterocycles. The van der Waals surface area contributed by atoms with Gasteiger partial charge in [-0.05, 0) is 37.3 Å². The molecule has 1 atom stereocenters. The van der Waals surface area contributed by atoms with E-state index in [0.717, 1.165) is 30.5 Å². The summed E-state index contributed by atoms with van der Waals surface area (Å²) in [6.07, 6.45) is 3.58. The highest BCUT2D eigenvalue weighted by molar-refractivity contribution is 6.04. The van der Waals surface area contributed by atoms with Gasteiger partial charge in [0.25, 0.3) is 0 Å². The summed E-state index contributed by atoms with van der Waals surface area (Å²) >= 11 is 0. The van der Waals surface area contributed by atoms with Crippen molar-refractivity contribution >= 4 is 16.9 Å². The second kappa shape index (κ2) is 4.85. The fraction of sp³-hybridized carbons (Fsp3) is 0.375. The standard InChI is InChI=1S/C16H16FNO2/c1-2-9-5-3-6-10-13(16(19)20)11-7-4-8-12(17)15(11)18-14(9)10/h4,7-9H,2-3,5-6H2,1H3,(H,19,20). The highest BCUT2D eigenvalue weighted by atomic mass is 19.1. The second-order valence-corrected chi connectivity index (χ2v) is 5.29. The SMILES string of the molecule is CCC1CCCc2c1nc1c(F)cccc1c2C(=O)O. The Morgan fingerprint density at radius 2 is 2.30 bits per heavy atom. The molecule has 3 rings (SSSR count). The Bertz CT molecular complexity index is 696. The van der Waals surface area contributed by atoms with Crippen LogP contribution >= 0.6 is 0 Å². The van der Waals surface area contributed by atoms with E-state index in [1.54, 1.807) is 6.07 Å². The quantitative estimate of drug-likeness (QED) is 0.902. The summed E-state index contributed by atoms with van der Waals surface area (Å²) in [6.45, 7) is 2.06. The fourth-order valence-electron chi connectivity index (χ4n) is 3.20. The Kier molecular flexibility index (Phi) is 3.16. The Morgan fingerprint density at radius 1 is 1.50 bits per heavy atom. The second-order valence-electron chi connectivity index (χ2n) is 5.29. The first-order valence-electron chi connectivity index (χ1n) is 6.97. The van der Waals surface area contributed by atoms with Gasteiger partial charge < -0.3 is 5.11 Å². The number of para-hydroxylation sites is 1. The van der Waals surface area contributed by atoms with Crippen molar-refractivity contribution < 1.29 is 14.3 Å². The summed E-state index contributed by atoms with van der Waals surface area (Å²) in [5.41, 5.74) is 2.01. The van der Waals surface area contributed by atoms with E-state index in [1.165, 1.54) is 12.1 Å². The Hall–Kier alpha value is -1.97. The number of hydrogen-bond donors (Lipinski definition) is 1. The van der Waals surface area contributed by atoms with Crippen molar-refractivity contribution in [1.82, 2.24) is 4.98 Å². The number of carboxylic acids is 1. The third-order valence-electron chi connectivity index (χ3n) is 4.17. The number of benzene rings is 1. The van der Waals surface area contributed by atoms with Gasteiger partial charge in [0.15, 0.2) is 0 Å². The predicted octanol–water partition coefficient (Wildman–Crippen LogP) is 3.90. The number of halogens is 1. The fourth-order valence-corrected chi connectivity index (χ4v) is 3.20. The molecule has 20 heavy (non-hydrogen) atoms. The molecular formula is C16H16FNO2. The number of pyridine rings is 1. The van der Waals surface area contributed by atoms with Crippen molar-refractivity contribution in [2.75, 3.05) is 0 Å². The highest BCUT2D eigenvalue weighted by Gasteiger charge is 2.27. The van der Waals surface area contributed by atoms with Crippen molar-refractivity contribution in [3.8, 4) is 0 Å². The molecule has 3 nitrogen and oxygen atoms in total. The molecule has 0 aliphatic heterocycles. The molecule has 1 aliphatic carbocycles. The molecule has 1 N–H and O–H groups in total. The Balaban J connectivity index is 2.41. The van der Waals surface area contributed by atoms with Gasteiger partial charge in [0, 0.05) is 17.0 Å². The average molecular weight is 273 g/mol. The maximum Gasteiger partial charge on any atom is 0.336 e. The van der Waals surface area contributed by atoms with E-state index in [1.807, 2.05) is 0 Å². The van der Waals surface area contributed by atoms with Gasteiger partial charge in [0.05, 0.1) is 5.56 Å². The van der Waals surface area contributed by atoms with Crippen LogP contribution in [0.1, 0.15) is 53.7 Å². The molecule has 0 amide bonds. The molecule has 2 aromatic rings. The van der Waals surface area contributed by atoms with Crippen molar-refractivity contribution in [3.63, 3.8) is 0 Å². The van der Waals surface area contributed by atoms with Gasteiger partial charge in [-0.1, -0.05) is 19.1 Å². The molecule has 4 heteroatoms. The van der Waals surface area contributed by atoms with Gasteiger partial charge in [-0.15, -0.1) is 0 Å². The van der Waals surface area contributed by atoms with Crippen LogP contribution in [0.5, 0.6) is 0 Å². The van der Waals surface area contributed by atoms with Crippen LogP contribution in [0.15, 0.2) is 18.2 Å². The maximum absolute atomic E-state index is 14.0. The minimum atomic E-state index is -0.990. The average Bonchev–Trinajstić information content (AvgIpc) is 2.44. The summed E-state index contributed by atoms with van der Waals surface area (Å²) in [5, 5.41) is 9.95. The summed E-state index contributed by atoms with van der Waals surface area (Å²) in [5.74, 6) is -1.20. The van der Waals surface area contributed by atoms with Crippen LogP contribution in [-0.2, 0) is 6.42 Å². The van der Waals surface area contributed by atoms with E-state index in [2.05, 4.69) is 11.9 Å². The van der Waals surface area contributed by atoms with Gasteiger partial charge in [-0.3, -0.25) is 0 Å². The van der Waals surface area contributed by atoms with Crippen LogP contribution in [0, 0.1) is 5.82 Å². The Labute approximate surface area is 116 Å². The van der Waals surface area contributed by atoms with E-state index in [-0.39, 0.29) is 17.0 Å². The lowest BCUT2D eigenvalue weighted by atomic mass is 9.82. The zero-order valence-electron chi connectivity index (χ0n) is 11.3. The molecular weight excluding hydrogens is 257 g/mol. The number of hydrogen-bond acceptors (Lipinski definition) is 2. The summed E-state index contributed by atoms with van der Waals surface area (Å²) in [7, 11) is 0. The molecule has 1 unspecified atom stereocenters. The van der Waals surface area contributed by atoms with Crippen molar-refractivity contribution in [2.45, 2.75) is 38.5 Å². The van der Waals surface area contributed by atoms with Crippen LogP contribution in [-0.4, -0.2) is 16.1 Å². The van der Waals surface area contributed by atoms with Gasteiger partial charge in [0.2, 0.25) is 0 Å². The zero-order valence-corrected chi connectivity index (χ0v) is 11.3. The molecule has 1 heterocycles. The van der Waals surface area contributed by atoms with E-state index < -0.39 is 11.8 Å². The van der Waals surface area contributed by atoms with Crippen LogP contribution in [0.4, 0.5) is 4.39 Å². The number of nitrogens with zero attached hydrogens (tertiary/aromatic N) is 1. The number of aromatic carboxylic acids is 1. The number of carbonyl (C=O) groups is 1. The first-order chi connectivity index (χ1) is 9.63. The lowest BCUT2D eigenvalue weighted by Crippen LogP contribution is -2.17. The molecule has 0 radical (unpaired) electrons. The smallest absolute Gasteiger partial charge is 0.336 e. The molecule has 0 saturated carbocycles. The van der Waals surface area contributed by atoms with Crippen molar-refractivity contribution in [2.24, 2.45) is 0 Å².